The molecule has 104 valence electrons. The van der Waals surface area contributed by atoms with Crippen LogP contribution in [0.25, 0.3) is 0 Å². The fraction of sp³-hybridized carbons (Fsp3) is 0.235. The Labute approximate surface area is 119 Å². The minimum atomic E-state index is -0.410. The van der Waals surface area contributed by atoms with E-state index < -0.39 is 6.04 Å². The summed E-state index contributed by atoms with van der Waals surface area (Å²) in [5.74, 6) is -0.337. The third-order valence-corrected chi connectivity index (χ3v) is 3.25. The molecule has 20 heavy (non-hydrogen) atoms. The second kappa shape index (κ2) is 7.46. The number of hydrogen-bond acceptors (Lipinski definition) is 2. The first-order chi connectivity index (χ1) is 9.77. The summed E-state index contributed by atoms with van der Waals surface area (Å²) >= 11 is 0. The van der Waals surface area contributed by atoms with Gasteiger partial charge in [0.15, 0.2) is 0 Å². The molecule has 0 aliphatic carbocycles. The van der Waals surface area contributed by atoms with Gasteiger partial charge in [-0.15, -0.1) is 0 Å². The predicted octanol–water partition coefficient (Wildman–Crippen LogP) is 2.44. The van der Waals surface area contributed by atoms with Crippen LogP contribution in [0, 0.1) is 0 Å². The third kappa shape index (κ3) is 4.21. The van der Waals surface area contributed by atoms with Gasteiger partial charge in [-0.05, 0) is 30.5 Å². The lowest BCUT2D eigenvalue weighted by Crippen LogP contribution is -2.34. The highest BCUT2D eigenvalue weighted by Gasteiger charge is 2.15. The number of primary amides is 1. The summed E-state index contributed by atoms with van der Waals surface area (Å²) in [6, 6.07) is 19.5. The van der Waals surface area contributed by atoms with Crippen molar-refractivity contribution in [3.63, 3.8) is 0 Å². The van der Waals surface area contributed by atoms with Crippen molar-refractivity contribution in [2.45, 2.75) is 18.9 Å². The molecule has 2 aromatic carbocycles. The van der Waals surface area contributed by atoms with E-state index in [4.69, 9.17) is 5.73 Å². The molecule has 0 saturated heterocycles. The second-order valence-corrected chi connectivity index (χ2v) is 4.79. The SMILES string of the molecule is NC(=O)C(NCCCc1ccccc1)c1ccccc1. The molecule has 3 heteroatoms. The molecule has 3 nitrogen and oxygen atoms in total. The number of aryl methyl sites for hydroxylation is 1. The Bertz CT molecular complexity index is 525. The van der Waals surface area contributed by atoms with Crippen molar-refractivity contribution in [2.75, 3.05) is 6.54 Å². The fourth-order valence-electron chi connectivity index (χ4n) is 2.21. The van der Waals surface area contributed by atoms with Gasteiger partial charge in [0.05, 0.1) is 0 Å². The summed E-state index contributed by atoms with van der Waals surface area (Å²) < 4.78 is 0. The maximum atomic E-state index is 11.5. The molecule has 0 heterocycles. The van der Waals surface area contributed by atoms with Gasteiger partial charge in [-0.3, -0.25) is 4.79 Å². The van der Waals surface area contributed by atoms with Gasteiger partial charge in [0, 0.05) is 0 Å². The molecule has 0 aliphatic heterocycles. The van der Waals surface area contributed by atoms with Crippen LogP contribution in [0.1, 0.15) is 23.6 Å². The molecular weight excluding hydrogens is 248 g/mol. The van der Waals surface area contributed by atoms with Crippen LogP contribution in [0.5, 0.6) is 0 Å². The maximum Gasteiger partial charge on any atom is 0.239 e. The first-order valence-electron chi connectivity index (χ1n) is 6.89. The summed E-state index contributed by atoms with van der Waals surface area (Å²) in [4.78, 5) is 11.5. The predicted molar refractivity (Wildman–Crippen MR) is 81.1 cm³/mol. The number of carbonyl (C=O) groups is 1. The Morgan fingerprint density at radius 1 is 1.00 bits per heavy atom. The zero-order chi connectivity index (χ0) is 14.2. The second-order valence-electron chi connectivity index (χ2n) is 4.79. The molecule has 0 aliphatic rings. The molecule has 2 aromatic rings. The van der Waals surface area contributed by atoms with Crippen LogP contribution in [-0.2, 0) is 11.2 Å². The normalized spacial score (nSPS) is 12.0. The molecule has 2 rings (SSSR count). The Kier molecular flexibility index (Phi) is 5.33. The number of carbonyl (C=O) groups excluding carboxylic acids is 1. The Morgan fingerprint density at radius 2 is 1.60 bits per heavy atom. The van der Waals surface area contributed by atoms with Crippen molar-refractivity contribution in [1.29, 1.82) is 0 Å². The molecule has 1 atom stereocenters. The lowest BCUT2D eigenvalue weighted by molar-refractivity contribution is -0.120. The first kappa shape index (κ1) is 14.3. The van der Waals surface area contributed by atoms with E-state index in [-0.39, 0.29) is 5.91 Å². The number of amides is 1. The van der Waals surface area contributed by atoms with E-state index in [0.29, 0.717) is 0 Å². The van der Waals surface area contributed by atoms with Crippen LogP contribution >= 0.6 is 0 Å². The van der Waals surface area contributed by atoms with Gasteiger partial charge in [0.1, 0.15) is 6.04 Å². The Morgan fingerprint density at radius 3 is 2.20 bits per heavy atom. The highest BCUT2D eigenvalue weighted by atomic mass is 16.1. The van der Waals surface area contributed by atoms with E-state index in [1.165, 1.54) is 5.56 Å². The van der Waals surface area contributed by atoms with Gasteiger partial charge in [-0.1, -0.05) is 60.7 Å². The molecule has 0 spiro atoms. The standard InChI is InChI=1S/C17H20N2O/c18-17(20)16(15-11-5-2-6-12-15)19-13-7-10-14-8-3-1-4-9-14/h1-6,8-9,11-12,16,19H,7,10,13H2,(H2,18,20). The van der Waals surface area contributed by atoms with Crippen molar-refractivity contribution < 1.29 is 4.79 Å². The molecule has 0 fully saturated rings. The van der Waals surface area contributed by atoms with Crippen LogP contribution in [0.2, 0.25) is 0 Å². The molecule has 3 N–H and O–H groups in total. The van der Waals surface area contributed by atoms with E-state index >= 15 is 0 Å². The van der Waals surface area contributed by atoms with Crippen LogP contribution in [0.3, 0.4) is 0 Å². The molecule has 0 bridgehead atoms. The van der Waals surface area contributed by atoms with E-state index in [9.17, 15) is 4.79 Å². The monoisotopic (exact) mass is 268 g/mol. The van der Waals surface area contributed by atoms with Crippen molar-refractivity contribution in [1.82, 2.24) is 5.32 Å². The first-order valence-corrected chi connectivity index (χ1v) is 6.89. The largest absolute Gasteiger partial charge is 0.368 e. The fourth-order valence-corrected chi connectivity index (χ4v) is 2.21. The minimum absolute atomic E-state index is 0.337. The topological polar surface area (TPSA) is 55.1 Å². The summed E-state index contributed by atoms with van der Waals surface area (Å²) in [7, 11) is 0. The molecule has 1 amide bonds. The van der Waals surface area contributed by atoms with Gasteiger partial charge >= 0.3 is 0 Å². The summed E-state index contributed by atoms with van der Waals surface area (Å²) in [5, 5.41) is 3.23. The van der Waals surface area contributed by atoms with Gasteiger partial charge in [0.2, 0.25) is 5.91 Å². The van der Waals surface area contributed by atoms with Crippen LogP contribution in [0.15, 0.2) is 60.7 Å². The van der Waals surface area contributed by atoms with Gasteiger partial charge < -0.3 is 11.1 Å². The maximum absolute atomic E-state index is 11.5. The van der Waals surface area contributed by atoms with Crippen LogP contribution in [0.4, 0.5) is 0 Å². The summed E-state index contributed by atoms with van der Waals surface area (Å²) in [6.45, 7) is 0.761. The van der Waals surface area contributed by atoms with Crippen LogP contribution in [-0.4, -0.2) is 12.5 Å². The average Bonchev–Trinajstić information content (AvgIpc) is 2.49. The van der Waals surface area contributed by atoms with E-state index in [1.807, 2.05) is 48.5 Å². The summed E-state index contributed by atoms with van der Waals surface area (Å²) in [6.07, 6.45) is 1.97. The van der Waals surface area contributed by atoms with E-state index in [2.05, 4.69) is 17.4 Å². The zero-order valence-corrected chi connectivity index (χ0v) is 11.5. The smallest absolute Gasteiger partial charge is 0.239 e. The van der Waals surface area contributed by atoms with E-state index in [0.717, 1.165) is 24.9 Å². The van der Waals surface area contributed by atoms with Crippen molar-refractivity contribution in [2.24, 2.45) is 5.73 Å². The van der Waals surface area contributed by atoms with Crippen molar-refractivity contribution in [3.05, 3.63) is 71.8 Å². The Hall–Kier alpha value is -2.13. The van der Waals surface area contributed by atoms with Crippen LogP contribution < -0.4 is 11.1 Å². The van der Waals surface area contributed by atoms with Gasteiger partial charge in [-0.25, -0.2) is 0 Å². The zero-order valence-electron chi connectivity index (χ0n) is 11.5. The van der Waals surface area contributed by atoms with E-state index in [1.54, 1.807) is 0 Å². The quantitative estimate of drug-likeness (QED) is 0.758. The number of rotatable bonds is 7. The number of hydrogen-bond donors (Lipinski definition) is 2. The third-order valence-electron chi connectivity index (χ3n) is 3.25. The summed E-state index contributed by atoms with van der Waals surface area (Å²) in [5.41, 5.74) is 7.69. The minimum Gasteiger partial charge on any atom is -0.368 e. The lowest BCUT2D eigenvalue weighted by atomic mass is 10.1. The van der Waals surface area contributed by atoms with Crippen molar-refractivity contribution >= 4 is 5.91 Å². The molecule has 0 radical (unpaired) electrons. The lowest BCUT2D eigenvalue weighted by Gasteiger charge is -2.15. The highest BCUT2D eigenvalue weighted by molar-refractivity contribution is 5.81. The molecule has 0 saturated carbocycles. The van der Waals surface area contributed by atoms with Gasteiger partial charge in [-0.2, -0.15) is 0 Å². The van der Waals surface area contributed by atoms with Crippen molar-refractivity contribution in [3.8, 4) is 0 Å². The Balaban J connectivity index is 1.83. The molecular formula is C17H20N2O. The van der Waals surface area contributed by atoms with Gasteiger partial charge in [0.25, 0.3) is 0 Å². The number of nitrogens with one attached hydrogen (secondary N) is 1. The number of nitrogens with two attached hydrogens (primary N) is 1. The molecule has 0 aromatic heterocycles. The average molecular weight is 268 g/mol. The highest BCUT2D eigenvalue weighted by Crippen LogP contribution is 2.12. The molecule has 1 unspecified atom stereocenters. The number of benzene rings is 2.